The average molecular weight is 722 g/mol. The summed E-state index contributed by atoms with van der Waals surface area (Å²) in [6, 6.07) is 61.2. The molecule has 7 aromatic rings. The Hall–Kier alpha value is -6.44. The van der Waals surface area contributed by atoms with E-state index in [1.165, 1.54) is 83.6 Å². The highest BCUT2D eigenvalue weighted by atomic mass is 15.1. The Morgan fingerprint density at radius 2 is 1.20 bits per heavy atom. The lowest BCUT2D eigenvalue weighted by Crippen LogP contribution is -2.36. The van der Waals surface area contributed by atoms with Crippen LogP contribution in [0, 0.1) is 0 Å². The molecule has 0 spiro atoms. The van der Waals surface area contributed by atoms with E-state index in [1.54, 1.807) is 0 Å². The van der Waals surface area contributed by atoms with Crippen LogP contribution in [0.25, 0.3) is 27.8 Å². The molecule has 0 unspecified atom stereocenters. The normalized spacial score (nSPS) is 14.8. The topological polar surface area (TPSA) is 3.24 Å². The summed E-state index contributed by atoms with van der Waals surface area (Å²) >= 11 is 0. The minimum absolute atomic E-state index is 0.123. The SMILES string of the molecule is C=C/C=C\C(=C/C)c1ccc2c(c1)C(C)(C)c1cc(N(C)c3ccc(-c4cccc5c4Cc4ccccc4C5(c4ccccc4)c4ccccc4)cc3)ccc1-2. The Morgan fingerprint density at radius 3 is 1.88 bits per heavy atom. The molecule has 0 bridgehead atoms. The van der Waals surface area contributed by atoms with Gasteiger partial charge in [0.2, 0.25) is 0 Å². The lowest BCUT2D eigenvalue weighted by atomic mass is 9.59. The number of hydrogen-bond acceptors (Lipinski definition) is 1. The predicted molar refractivity (Wildman–Crippen MR) is 238 cm³/mol. The zero-order valence-electron chi connectivity index (χ0n) is 32.8. The molecule has 1 heteroatoms. The zero-order chi connectivity index (χ0) is 38.4. The van der Waals surface area contributed by atoms with Gasteiger partial charge in [-0.2, -0.15) is 0 Å². The van der Waals surface area contributed by atoms with Crippen LogP contribution >= 0.6 is 0 Å². The maximum atomic E-state index is 3.86. The van der Waals surface area contributed by atoms with Crippen molar-refractivity contribution in [2.75, 3.05) is 11.9 Å². The second-order valence-electron chi connectivity index (χ2n) is 15.7. The number of allylic oxidation sites excluding steroid dienone is 5. The van der Waals surface area contributed by atoms with Gasteiger partial charge < -0.3 is 4.90 Å². The first-order valence-electron chi connectivity index (χ1n) is 19.8. The van der Waals surface area contributed by atoms with E-state index in [0.717, 1.165) is 12.1 Å². The molecule has 0 heterocycles. The summed E-state index contributed by atoms with van der Waals surface area (Å²) in [6.07, 6.45) is 9.03. The van der Waals surface area contributed by atoms with Gasteiger partial charge in [-0.05, 0) is 122 Å². The summed E-state index contributed by atoms with van der Waals surface area (Å²) in [5.41, 5.74) is 20.2. The van der Waals surface area contributed by atoms with Gasteiger partial charge in [0.25, 0.3) is 0 Å². The van der Waals surface area contributed by atoms with Crippen molar-refractivity contribution in [3.8, 4) is 22.3 Å². The van der Waals surface area contributed by atoms with Crippen LogP contribution in [0.2, 0.25) is 0 Å². The van der Waals surface area contributed by atoms with Crippen LogP contribution in [0.15, 0.2) is 195 Å². The van der Waals surface area contributed by atoms with E-state index in [0.29, 0.717) is 0 Å². The van der Waals surface area contributed by atoms with Gasteiger partial charge in [-0.3, -0.25) is 0 Å². The lowest BCUT2D eigenvalue weighted by molar-refractivity contribution is 0.660. The maximum Gasteiger partial charge on any atom is 0.0707 e. The van der Waals surface area contributed by atoms with Crippen molar-refractivity contribution < 1.29 is 0 Å². The first kappa shape index (κ1) is 35.3. The monoisotopic (exact) mass is 721 g/mol. The summed E-state index contributed by atoms with van der Waals surface area (Å²) in [7, 11) is 2.18. The number of fused-ring (bicyclic) bond motifs is 5. The number of rotatable bonds is 8. The molecule has 0 saturated heterocycles. The van der Waals surface area contributed by atoms with Gasteiger partial charge >= 0.3 is 0 Å². The zero-order valence-corrected chi connectivity index (χ0v) is 32.8. The molecule has 272 valence electrons. The van der Waals surface area contributed by atoms with Gasteiger partial charge in [0.05, 0.1) is 5.41 Å². The van der Waals surface area contributed by atoms with Crippen molar-refractivity contribution in [3.63, 3.8) is 0 Å². The van der Waals surface area contributed by atoms with Crippen molar-refractivity contribution >= 4 is 16.9 Å². The summed E-state index contributed by atoms with van der Waals surface area (Å²) in [5.74, 6) is 0. The van der Waals surface area contributed by atoms with Gasteiger partial charge in [-0.15, -0.1) is 0 Å². The van der Waals surface area contributed by atoms with Crippen LogP contribution in [0.3, 0.4) is 0 Å². The van der Waals surface area contributed by atoms with Crippen LogP contribution in [0.5, 0.6) is 0 Å². The number of anilines is 2. The first-order chi connectivity index (χ1) is 27.4. The second-order valence-corrected chi connectivity index (χ2v) is 15.7. The fraction of sp³-hybridized carbons (Fsp3) is 0.127. The molecule has 0 radical (unpaired) electrons. The van der Waals surface area contributed by atoms with E-state index < -0.39 is 5.41 Å². The van der Waals surface area contributed by atoms with E-state index in [9.17, 15) is 0 Å². The molecule has 0 aliphatic heterocycles. The molecule has 0 aromatic heterocycles. The van der Waals surface area contributed by atoms with Gasteiger partial charge in [0.1, 0.15) is 0 Å². The Kier molecular flexibility index (Phi) is 8.82. The molecule has 0 saturated carbocycles. The summed E-state index contributed by atoms with van der Waals surface area (Å²) in [5, 5.41) is 0. The highest BCUT2D eigenvalue weighted by Crippen LogP contribution is 2.53. The van der Waals surface area contributed by atoms with E-state index in [4.69, 9.17) is 0 Å². The predicted octanol–water partition coefficient (Wildman–Crippen LogP) is 13.9. The molecular formula is C55H47N. The van der Waals surface area contributed by atoms with E-state index in [1.807, 2.05) is 12.2 Å². The second kappa shape index (κ2) is 14.0. The van der Waals surface area contributed by atoms with E-state index in [2.05, 4.69) is 215 Å². The Balaban J connectivity index is 1.08. The maximum absolute atomic E-state index is 3.86. The summed E-state index contributed by atoms with van der Waals surface area (Å²) in [6.45, 7) is 10.7. The molecule has 0 fully saturated rings. The largest absolute Gasteiger partial charge is 0.345 e. The molecule has 2 aliphatic rings. The van der Waals surface area contributed by atoms with E-state index in [-0.39, 0.29) is 5.41 Å². The first-order valence-corrected chi connectivity index (χ1v) is 19.8. The molecule has 2 aliphatic carbocycles. The van der Waals surface area contributed by atoms with Crippen LogP contribution in [0.4, 0.5) is 11.4 Å². The molecule has 7 aromatic carbocycles. The van der Waals surface area contributed by atoms with Crippen molar-refractivity contribution in [1.82, 2.24) is 0 Å². The van der Waals surface area contributed by atoms with Gasteiger partial charge in [0.15, 0.2) is 0 Å². The van der Waals surface area contributed by atoms with Gasteiger partial charge in [0, 0.05) is 23.8 Å². The number of benzene rings is 7. The molecule has 0 N–H and O–H groups in total. The Morgan fingerprint density at radius 1 is 0.589 bits per heavy atom. The third kappa shape index (κ3) is 5.53. The summed E-state index contributed by atoms with van der Waals surface area (Å²) in [4.78, 5) is 2.32. The third-order valence-electron chi connectivity index (χ3n) is 12.5. The van der Waals surface area contributed by atoms with Crippen LogP contribution in [0.1, 0.15) is 70.8 Å². The molecular weight excluding hydrogens is 675 g/mol. The van der Waals surface area contributed by atoms with Gasteiger partial charge in [-0.25, -0.2) is 0 Å². The molecule has 1 nitrogen and oxygen atoms in total. The van der Waals surface area contributed by atoms with Crippen molar-refractivity contribution in [2.45, 2.75) is 38.0 Å². The number of nitrogens with zero attached hydrogens (tertiary/aromatic N) is 1. The average Bonchev–Trinajstić information content (AvgIpc) is 3.48. The van der Waals surface area contributed by atoms with Crippen LogP contribution in [-0.2, 0) is 17.3 Å². The molecule has 0 atom stereocenters. The third-order valence-corrected chi connectivity index (χ3v) is 12.5. The standard InChI is InChI=1S/C55H47N/c1-6-8-18-38(7-2)40-29-33-47-48-34-32-45(37-53(48)54(3,4)52(47)36-40)56(5)44-30-27-39(28-31-44)46-24-17-26-51-49(46)35-41-19-15-16-25-50(41)55(51,42-20-11-9-12-21-42)43-22-13-10-14-23-43/h6-34,36-37H,1,35H2,2-5H3/b18-8-,38-7+. The minimum atomic E-state index is -0.428. The fourth-order valence-electron chi connectivity index (χ4n) is 9.60. The highest BCUT2D eigenvalue weighted by molar-refractivity contribution is 5.86. The van der Waals surface area contributed by atoms with E-state index >= 15 is 0 Å². The molecule has 9 rings (SSSR count). The van der Waals surface area contributed by atoms with Crippen LogP contribution < -0.4 is 4.90 Å². The van der Waals surface area contributed by atoms with Crippen molar-refractivity contribution in [1.29, 1.82) is 0 Å². The van der Waals surface area contributed by atoms with Crippen LogP contribution in [-0.4, -0.2) is 7.05 Å². The Bertz CT molecular complexity index is 2620. The number of hydrogen-bond donors (Lipinski definition) is 0. The van der Waals surface area contributed by atoms with Crippen molar-refractivity contribution in [3.05, 3.63) is 245 Å². The van der Waals surface area contributed by atoms with Crippen molar-refractivity contribution in [2.24, 2.45) is 0 Å². The highest BCUT2D eigenvalue weighted by Gasteiger charge is 2.44. The quantitative estimate of drug-likeness (QED) is 0.141. The fourth-order valence-corrected chi connectivity index (χ4v) is 9.60. The lowest BCUT2D eigenvalue weighted by Gasteiger charge is -2.43. The van der Waals surface area contributed by atoms with Gasteiger partial charge in [-0.1, -0.05) is 178 Å². The smallest absolute Gasteiger partial charge is 0.0707 e. The molecule has 0 amide bonds. The Labute approximate surface area is 332 Å². The molecule has 56 heavy (non-hydrogen) atoms. The minimum Gasteiger partial charge on any atom is -0.345 e. The summed E-state index contributed by atoms with van der Waals surface area (Å²) < 4.78 is 0.